The number of carbonyl (C=O) groups excluding carboxylic acids is 2. The maximum atomic E-state index is 13.8. The average molecular weight is 413 g/mol. The molecule has 1 heterocycles. The summed E-state index contributed by atoms with van der Waals surface area (Å²) >= 11 is 5.98. The summed E-state index contributed by atoms with van der Waals surface area (Å²) in [5, 5.41) is 3.32. The molecule has 2 aromatic carbocycles. The van der Waals surface area contributed by atoms with E-state index in [1.165, 1.54) is 4.90 Å². The molecule has 2 aromatic rings. The fourth-order valence-corrected chi connectivity index (χ4v) is 4.16. The number of nitrogens with zero attached hydrogens (tertiary/aromatic N) is 1. The molecule has 0 radical (unpaired) electrons. The summed E-state index contributed by atoms with van der Waals surface area (Å²) in [6.07, 6.45) is 0.864. The van der Waals surface area contributed by atoms with Crippen LogP contribution in [0.3, 0.4) is 0 Å². The lowest BCUT2D eigenvalue weighted by Gasteiger charge is -2.33. The maximum absolute atomic E-state index is 13.8. The van der Waals surface area contributed by atoms with Gasteiger partial charge in [0.2, 0.25) is 5.91 Å². The third-order valence-corrected chi connectivity index (χ3v) is 5.73. The standard InChI is InChI=1S/C24H29ClN2O2/c1-15(2)18-10-7-11-19(16(3)4)23(18)27(21(28)14-25)24(29)22-20-9-6-5-8-17(20)12-13-26-22/h5-11,15-16,22,26H,12-14H2,1-4H3. The van der Waals surface area contributed by atoms with E-state index in [1.807, 2.05) is 42.5 Å². The van der Waals surface area contributed by atoms with Crippen molar-refractivity contribution >= 4 is 29.1 Å². The van der Waals surface area contributed by atoms with Crippen LogP contribution in [0.5, 0.6) is 0 Å². The van der Waals surface area contributed by atoms with Crippen LogP contribution in [0.4, 0.5) is 5.69 Å². The molecule has 1 N–H and O–H groups in total. The van der Waals surface area contributed by atoms with E-state index < -0.39 is 11.9 Å². The zero-order valence-corrected chi connectivity index (χ0v) is 18.3. The minimum Gasteiger partial charge on any atom is -0.302 e. The molecule has 1 aliphatic heterocycles. The summed E-state index contributed by atoms with van der Waals surface area (Å²) in [5.74, 6) is -0.582. The lowest BCUT2D eigenvalue weighted by atomic mass is 9.90. The van der Waals surface area contributed by atoms with Gasteiger partial charge in [0.05, 0.1) is 5.69 Å². The van der Waals surface area contributed by atoms with Crippen molar-refractivity contribution in [3.63, 3.8) is 0 Å². The number of rotatable bonds is 5. The van der Waals surface area contributed by atoms with Crippen molar-refractivity contribution in [2.24, 2.45) is 0 Å². The summed E-state index contributed by atoms with van der Waals surface area (Å²) in [6, 6.07) is 13.4. The molecule has 0 aliphatic carbocycles. The van der Waals surface area contributed by atoms with Crippen molar-refractivity contribution in [2.45, 2.75) is 52.0 Å². The number of carbonyl (C=O) groups is 2. The summed E-state index contributed by atoms with van der Waals surface area (Å²) < 4.78 is 0. The van der Waals surface area contributed by atoms with Crippen molar-refractivity contribution in [3.8, 4) is 0 Å². The molecule has 2 amide bonds. The molecule has 0 saturated heterocycles. The van der Waals surface area contributed by atoms with Crippen molar-refractivity contribution in [1.29, 1.82) is 0 Å². The highest BCUT2D eigenvalue weighted by Crippen LogP contribution is 2.37. The lowest BCUT2D eigenvalue weighted by Crippen LogP contribution is -2.47. The fraction of sp³-hybridized carbons (Fsp3) is 0.417. The van der Waals surface area contributed by atoms with E-state index in [0.717, 1.165) is 28.7 Å². The van der Waals surface area contributed by atoms with Gasteiger partial charge in [0, 0.05) is 6.54 Å². The minimum absolute atomic E-state index is 0.161. The van der Waals surface area contributed by atoms with Crippen molar-refractivity contribution in [1.82, 2.24) is 5.32 Å². The number of hydrogen-bond acceptors (Lipinski definition) is 3. The topological polar surface area (TPSA) is 49.4 Å². The van der Waals surface area contributed by atoms with Gasteiger partial charge in [-0.25, -0.2) is 4.90 Å². The molecule has 4 nitrogen and oxygen atoms in total. The number of fused-ring (bicyclic) bond motifs is 1. The second-order valence-electron chi connectivity index (χ2n) is 8.13. The second kappa shape index (κ2) is 9.10. The Balaban J connectivity index is 2.17. The Bertz CT molecular complexity index is 881. The smallest absolute Gasteiger partial charge is 0.255 e. The van der Waals surface area contributed by atoms with E-state index in [0.29, 0.717) is 12.2 Å². The highest BCUT2D eigenvalue weighted by molar-refractivity contribution is 6.33. The van der Waals surface area contributed by atoms with Crippen molar-refractivity contribution in [3.05, 3.63) is 64.7 Å². The van der Waals surface area contributed by atoms with Crippen LogP contribution in [-0.4, -0.2) is 24.2 Å². The van der Waals surface area contributed by atoms with Gasteiger partial charge in [-0.3, -0.25) is 9.59 Å². The van der Waals surface area contributed by atoms with Gasteiger partial charge in [-0.15, -0.1) is 11.6 Å². The lowest BCUT2D eigenvalue weighted by molar-refractivity contribution is -0.126. The SMILES string of the molecule is CC(C)c1cccc(C(C)C)c1N(C(=O)CCl)C(=O)C1NCCc2ccccc21. The second-order valence-corrected chi connectivity index (χ2v) is 8.40. The van der Waals surface area contributed by atoms with E-state index in [2.05, 4.69) is 33.0 Å². The number of hydrogen-bond donors (Lipinski definition) is 1. The van der Waals surface area contributed by atoms with E-state index in [1.54, 1.807) is 0 Å². The quantitative estimate of drug-likeness (QED) is 0.709. The summed E-state index contributed by atoms with van der Waals surface area (Å²) in [7, 11) is 0. The Morgan fingerprint density at radius 3 is 2.24 bits per heavy atom. The van der Waals surface area contributed by atoms with Crippen LogP contribution in [0.2, 0.25) is 0 Å². The minimum atomic E-state index is -0.563. The Kier molecular flexibility index (Phi) is 6.76. The Hall–Kier alpha value is -2.17. The van der Waals surface area contributed by atoms with Gasteiger partial charge in [-0.2, -0.15) is 0 Å². The number of alkyl halides is 1. The van der Waals surface area contributed by atoms with Crippen LogP contribution in [-0.2, 0) is 16.0 Å². The Labute approximate surface area is 178 Å². The van der Waals surface area contributed by atoms with Gasteiger partial charge < -0.3 is 5.32 Å². The largest absolute Gasteiger partial charge is 0.302 e. The normalized spacial score (nSPS) is 16.0. The van der Waals surface area contributed by atoms with Gasteiger partial charge in [-0.1, -0.05) is 70.2 Å². The average Bonchev–Trinajstić information content (AvgIpc) is 2.72. The zero-order valence-electron chi connectivity index (χ0n) is 17.5. The van der Waals surface area contributed by atoms with Crippen molar-refractivity contribution in [2.75, 3.05) is 17.3 Å². The zero-order chi connectivity index (χ0) is 21.1. The summed E-state index contributed by atoms with van der Waals surface area (Å²) in [6.45, 7) is 8.99. The molecule has 0 aromatic heterocycles. The van der Waals surface area contributed by atoms with Gasteiger partial charge in [0.25, 0.3) is 5.91 Å². The summed E-state index contributed by atoms with van der Waals surface area (Å²) in [5.41, 5.74) is 4.73. The van der Waals surface area contributed by atoms with Crippen LogP contribution < -0.4 is 10.2 Å². The number of benzene rings is 2. The van der Waals surface area contributed by atoms with Crippen LogP contribution >= 0.6 is 11.6 Å². The van der Waals surface area contributed by atoms with Crippen LogP contribution in [0.1, 0.15) is 67.8 Å². The maximum Gasteiger partial charge on any atom is 0.255 e. The molecular formula is C24H29ClN2O2. The van der Waals surface area contributed by atoms with E-state index in [4.69, 9.17) is 11.6 Å². The van der Waals surface area contributed by atoms with Crippen LogP contribution in [0.15, 0.2) is 42.5 Å². The van der Waals surface area contributed by atoms with E-state index >= 15 is 0 Å². The third kappa shape index (κ3) is 4.24. The molecule has 0 fully saturated rings. The molecule has 5 heteroatoms. The molecule has 154 valence electrons. The van der Waals surface area contributed by atoms with Gasteiger partial charge in [0.15, 0.2) is 0 Å². The first-order valence-electron chi connectivity index (χ1n) is 10.2. The molecule has 1 aliphatic rings. The number of anilines is 1. The molecular weight excluding hydrogens is 384 g/mol. The molecule has 0 spiro atoms. The predicted octanol–water partition coefficient (Wildman–Crippen LogP) is 4.92. The molecule has 0 bridgehead atoms. The van der Waals surface area contributed by atoms with Crippen LogP contribution in [0, 0.1) is 0 Å². The van der Waals surface area contributed by atoms with Crippen LogP contribution in [0.25, 0.3) is 0 Å². The number of para-hydroxylation sites is 1. The molecule has 1 unspecified atom stereocenters. The first-order valence-corrected chi connectivity index (χ1v) is 10.8. The van der Waals surface area contributed by atoms with Gasteiger partial charge in [0.1, 0.15) is 11.9 Å². The molecule has 29 heavy (non-hydrogen) atoms. The monoisotopic (exact) mass is 412 g/mol. The van der Waals surface area contributed by atoms with Crippen molar-refractivity contribution < 1.29 is 9.59 Å². The van der Waals surface area contributed by atoms with Gasteiger partial charge in [-0.05, 0) is 40.5 Å². The fourth-order valence-electron chi connectivity index (χ4n) is 4.04. The highest BCUT2D eigenvalue weighted by Gasteiger charge is 2.36. The van der Waals surface area contributed by atoms with E-state index in [-0.39, 0.29) is 23.6 Å². The Morgan fingerprint density at radius 2 is 1.66 bits per heavy atom. The highest BCUT2D eigenvalue weighted by atomic mass is 35.5. The first-order chi connectivity index (χ1) is 13.9. The van der Waals surface area contributed by atoms with Gasteiger partial charge >= 0.3 is 0 Å². The number of nitrogens with one attached hydrogen (secondary N) is 1. The summed E-state index contributed by atoms with van der Waals surface area (Å²) in [4.78, 5) is 28.1. The molecule has 1 atom stereocenters. The first kappa shape index (κ1) is 21.5. The predicted molar refractivity (Wildman–Crippen MR) is 119 cm³/mol. The molecule has 0 saturated carbocycles. The number of imide groups is 1. The number of amides is 2. The number of halogens is 1. The Morgan fingerprint density at radius 1 is 1.03 bits per heavy atom. The third-order valence-electron chi connectivity index (χ3n) is 5.51. The molecule has 3 rings (SSSR count). The van der Waals surface area contributed by atoms with E-state index in [9.17, 15) is 9.59 Å².